The van der Waals surface area contributed by atoms with E-state index in [0.29, 0.717) is 11.6 Å². The topological polar surface area (TPSA) is 73.1 Å². The highest BCUT2D eigenvalue weighted by atomic mass is 16.5. The summed E-state index contributed by atoms with van der Waals surface area (Å²) in [5.74, 6) is 8.11. The van der Waals surface area contributed by atoms with E-state index in [1.54, 1.807) is 6.07 Å². The number of aromatic nitrogens is 2. The lowest BCUT2D eigenvalue weighted by molar-refractivity contribution is 0.395. The number of ether oxygens (including phenoxy) is 1. The molecule has 0 saturated heterocycles. The van der Waals surface area contributed by atoms with E-state index in [2.05, 4.69) is 21.3 Å². The van der Waals surface area contributed by atoms with Gasteiger partial charge in [-0.25, -0.2) is 15.4 Å². The Bertz CT molecular complexity index is 320. The number of nitrogens with two attached hydrogens (primary N) is 1. The lowest BCUT2D eigenvalue weighted by atomic mass is 10.2. The van der Waals surface area contributed by atoms with Crippen LogP contribution in [0.3, 0.4) is 0 Å². The van der Waals surface area contributed by atoms with Gasteiger partial charge in [0.1, 0.15) is 12.4 Å². The molecule has 0 radical (unpaired) electrons. The maximum absolute atomic E-state index is 5.21. The first-order valence-electron chi connectivity index (χ1n) is 3.60. The monoisotopic (exact) mass is 178 g/mol. The van der Waals surface area contributed by atoms with Gasteiger partial charge in [0.05, 0.1) is 12.8 Å². The van der Waals surface area contributed by atoms with E-state index in [9.17, 15) is 0 Å². The van der Waals surface area contributed by atoms with E-state index >= 15 is 0 Å². The molecule has 1 atom stereocenters. The van der Waals surface area contributed by atoms with Crippen molar-refractivity contribution in [3.63, 3.8) is 0 Å². The predicted molar refractivity (Wildman–Crippen MR) is 47.5 cm³/mol. The third kappa shape index (κ3) is 2.15. The number of hydrogen-bond acceptors (Lipinski definition) is 5. The summed E-state index contributed by atoms with van der Waals surface area (Å²) in [4.78, 5) is 7.79. The quantitative estimate of drug-likeness (QED) is 0.375. The molecule has 1 unspecified atom stereocenters. The number of hydrazine groups is 1. The first kappa shape index (κ1) is 9.45. The van der Waals surface area contributed by atoms with Gasteiger partial charge >= 0.3 is 0 Å². The second-order valence-electron chi connectivity index (χ2n) is 2.25. The first-order valence-corrected chi connectivity index (χ1v) is 3.60. The smallest absolute Gasteiger partial charge is 0.216 e. The summed E-state index contributed by atoms with van der Waals surface area (Å²) in [5.41, 5.74) is 3.05. The summed E-state index contributed by atoms with van der Waals surface area (Å²) in [6.07, 6.45) is 6.58. The van der Waals surface area contributed by atoms with Crippen LogP contribution in [0.25, 0.3) is 0 Å². The minimum atomic E-state index is -0.420. The van der Waals surface area contributed by atoms with Gasteiger partial charge in [-0.05, 0) is 0 Å². The molecule has 0 aliphatic rings. The van der Waals surface area contributed by atoms with Crippen LogP contribution in [0.4, 0.5) is 0 Å². The average molecular weight is 178 g/mol. The summed E-state index contributed by atoms with van der Waals surface area (Å²) in [5, 5.41) is 0. The number of nitrogens with zero attached hydrogens (tertiary/aromatic N) is 2. The summed E-state index contributed by atoms with van der Waals surface area (Å²) >= 11 is 0. The van der Waals surface area contributed by atoms with Gasteiger partial charge in [0.15, 0.2) is 0 Å². The van der Waals surface area contributed by atoms with E-state index in [4.69, 9.17) is 17.0 Å². The van der Waals surface area contributed by atoms with E-state index in [1.807, 2.05) is 0 Å². The normalized spacial score (nSPS) is 11.8. The summed E-state index contributed by atoms with van der Waals surface area (Å²) in [6, 6.07) is 1.21. The third-order valence-corrected chi connectivity index (χ3v) is 1.50. The van der Waals surface area contributed by atoms with Crippen LogP contribution in [0.2, 0.25) is 0 Å². The van der Waals surface area contributed by atoms with E-state index in [-0.39, 0.29) is 0 Å². The van der Waals surface area contributed by atoms with Gasteiger partial charge in [-0.3, -0.25) is 5.84 Å². The molecule has 0 spiro atoms. The Morgan fingerprint density at radius 2 is 2.46 bits per heavy atom. The van der Waals surface area contributed by atoms with Crippen LogP contribution >= 0.6 is 0 Å². The summed E-state index contributed by atoms with van der Waals surface area (Å²) in [7, 11) is 1.52. The van der Waals surface area contributed by atoms with Crippen molar-refractivity contribution in [1.29, 1.82) is 0 Å². The van der Waals surface area contributed by atoms with Crippen molar-refractivity contribution in [1.82, 2.24) is 15.4 Å². The molecule has 5 heteroatoms. The van der Waals surface area contributed by atoms with Crippen molar-refractivity contribution in [2.45, 2.75) is 6.04 Å². The van der Waals surface area contributed by atoms with Gasteiger partial charge < -0.3 is 4.74 Å². The second kappa shape index (κ2) is 4.40. The van der Waals surface area contributed by atoms with Gasteiger partial charge in [-0.2, -0.15) is 0 Å². The Balaban J connectivity index is 2.94. The van der Waals surface area contributed by atoms with Crippen molar-refractivity contribution in [2.75, 3.05) is 7.11 Å². The Morgan fingerprint density at radius 1 is 1.69 bits per heavy atom. The van der Waals surface area contributed by atoms with Crippen LogP contribution in [-0.4, -0.2) is 17.1 Å². The molecule has 0 bridgehead atoms. The summed E-state index contributed by atoms with van der Waals surface area (Å²) in [6.45, 7) is 0. The number of hydrogen-bond donors (Lipinski definition) is 2. The van der Waals surface area contributed by atoms with Gasteiger partial charge in [0.2, 0.25) is 5.88 Å². The fourth-order valence-corrected chi connectivity index (χ4v) is 0.842. The SMILES string of the molecule is C#CC(NN)c1cc(OC)ncn1. The van der Waals surface area contributed by atoms with Crippen molar-refractivity contribution in [3.8, 4) is 18.2 Å². The maximum Gasteiger partial charge on any atom is 0.216 e. The molecule has 1 rings (SSSR count). The molecule has 1 aromatic rings. The molecule has 1 heterocycles. The van der Waals surface area contributed by atoms with Crippen molar-refractivity contribution in [3.05, 3.63) is 18.1 Å². The van der Waals surface area contributed by atoms with Crippen LogP contribution < -0.4 is 16.0 Å². The third-order valence-electron chi connectivity index (χ3n) is 1.50. The summed E-state index contributed by atoms with van der Waals surface area (Å²) < 4.78 is 4.91. The zero-order valence-electron chi connectivity index (χ0n) is 7.19. The fraction of sp³-hybridized carbons (Fsp3) is 0.250. The van der Waals surface area contributed by atoms with Gasteiger partial charge in [-0.15, -0.1) is 6.42 Å². The highest BCUT2D eigenvalue weighted by Gasteiger charge is 2.08. The van der Waals surface area contributed by atoms with Crippen LogP contribution in [0.15, 0.2) is 12.4 Å². The van der Waals surface area contributed by atoms with Crippen molar-refractivity contribution >= 4 is 0 Å². The molecule has 0 saturated carbocycles. The number of methoxy groups -OCH3 is 1. The zero-order valence-corrected chi connectivity index (χ0v) is 7.19. The second-order valence-corrected chi connectivity index (χ2v) is 2.25. The Morgan fingerprint density at radius 3 is 3.00 bits per heavy atom. The van der Waals surface area contributed by atoms with Crippen LogP contribution in [0.1, 0.15) is 11.7 Å². The molecule has 3 N–H and O–H groups in total. The molecular weight excluding hydrogens is 168 g/mol. The molecule has 1 aromatic heterocycles. The van der Waals surface area contributed by atoms with Gasteiger partial charge in [0.25, 0.3) is 0 Å². The Hall–Kier alpha value is -1.64. The van der Waals surface area contributed by atoms with E-state index < -0.39 is 6.04 Å². The average Bonchev–Trinajstić information content (AvgIpc) is 2.20. The molecule has 0 fully saturated rings. The standard InChI is InChI=1S/C8H10N4O/c1-3-6(12-9)7-4-8(13-2)11-5-10-7/h1,4-6,12H,9H2,2H3. The molecule has 0 aliphatic heterocycles. The van der Waals surface area contributed by atoms with E-state index in [0.717, 1.165) is 0 Å². The van der Waals surface area contributed by atoms with Crippen LogP contribution in [0, 0.1) is 12.3 Å². The Kier molecular flexibility index (Phi) is 3.20. The van der Waals surface area contributed by atoms with Gasteiger partial charge in [0, 0.05) is 6.07 Å². The lowest BCUT2D eigenvalue weighted by Crippen LogP contribution is -2.27. The Labute approximate surface area is 76.3 Å². The number of rotatable bonds is 3. The zero-order chi connectivity index (χ0) is 9.68. The van der Waals surface area contributed by atoms with Crippen LogP contribution in [-0.2, 0) is 0 Å². The first-order chi connectivity index (χ1) is 6.31. The molecule has 68 valence electrons. The van der Waals surface area contributed by atoms with Crippen molar-refractivity contribution < 1.29 is 4.74 Å². The minimum Gasteiger partial charge on any atom is -0.481 e. The van der Waals surface area contributed by atoms with Crippen molar-refractivity contribution in [2.24, 2.45) is 5.84 Å². The lowest BCUT2D eigenvalue weighted by Gasteiger charge is -2.08. The van der Waals surface area contributed by atoms with Crippen LogP contribution in [0.5, 0.6) is 5.88 Å². The molecule has 0 aliphatic carbocycles. The maximum atomic E-state index is 5.21. The number of nitrogens with one attached hydrogen (secondary N) is 1. The highest BCUT2D eigenvalue weighted by molar-refractivity contribution is 5.22. The minimum absolute atomic E-state index is 0.420. The molecule has 5 nitrogen and oxygen atoms in total. The molecule has 0 amide bonds. The van der Waals surface area contributed by atoms with E-state index in [1.165, 1.54) is 13.4 Å². The largest absolute Gasteiger partial charge is 0.481 e. The fourth-order valence-electron chi connectivity index (χ4n) is 0.842. The molecule has 0 aromatic carbocycles. The van der Waals surface area contributed by atoms with Gasteiger partial charge in [-0.1, -0.05) is 5.92 Å². The number of terminal acetylenes is 1. The highest BCUT2D eigenvalue weighted by Crippen LogP contribution is 2.12. The predicted octanol–water partition coefficient (Wildman–Crippen LogP) is -0.377. The molecular formula is C8H10N4O. The molecule has 13 heavy (non-hydrogen) atoms.